The highest BCUT2D eigenvalue weighted by Crippen LogP contribution is 2.32. The Morgan fingerprint density at radius 2 is 2.19 bits per heavy atom. The Morgan fingerprint density at radius 3 is 3.10 bits per heavy atom. The van der Waals surface area contributed by atoms with E-state index in [2.05, 4.69) is 60.9 Å². The summed E-state index contributed by atoms with van der Waals surface area (Å²) in [5, 5.41) is 1.13. The van der Waals surface area contributed by atoms with Crippen LogP contribution in [0.5, 0.6) is 0 Å². The summed E-state index contributed by atoms with van der Waals surface area (Å²) < 4.78 is 0.970. The second-order valence-corrected chi connectivity index (χ2v) is 7.59. The third-order valence-corrected chi connectivity index (χ3v) is 5.31. The predicted octanol–water partition coefficient (Wildman–Crippen LogP) is 3.72. The van der Waals surface area contributed by atoms with Gasteiger partial charge in [-0.2, -0.15) is 0 Å². The van der Waals surface area contributed by atoms with Gasteiger partial charge in [-0.1, -0.05) is 11.6 Å². The van der Waals surface area contributed by atoms with Crippen LogP contribution in [0.4, 0.5) is 5.82 Å². The number of aryl methyl sites for hydroxylation is 1. The lowest BCUT2D eigenvalue weighted by molar-refractivity contribution is 0.720. The van der Waals surface area contributed by atoms with Crippen LogP contribution in [-0.4, -0.2) is 21.5 Å². The second-order valence-electron chi connectivity index (χ2n) is 5.23. The molecule has 0 unspecified atom stereocenters. The first-order valence-electron chi connectivity index (χ1n) is 6.81. The molecule has 0 spiro atoms. The first kappa shape index (κ1) is 13.2. The van der Waals surface area contributed by atoms with Gasteiger partial charge < -0.3 is 4.90 Å². The van der Waals surface area contributed by atoms with Crippen LogP contribution < -0.4 is 4.90 Å². The number of fused-ring (bicyclic) bond motifs is 2. The standard InChI is InChI=1S/C15H13BrN4S/c1-9-2-3-11-10(6-9)14(18-8-17-11)20-5-4-12-13(7-20)21-15(16)19-12/h2-3,6,8H,4-5,7H2,1H3. The summed E-state index contributed by atoms with van der Waals surface area (Å²) in [7, 11) is 0. The molecule has 0 bridgehead atoms. The van der Waals surface area contributed by atoms with E-state index in [1.807, 2.05) is 0 Å². The Labute approximate surface area is 135 Å². The van der Waals surface area contributed by atoms with Crippen molar-refractivity contribution in [3.05, 3.63) is 44.6 Å². The minimum absolute atomic E-state index is 0.874. The van der Waals surface area contributed by atoms with Crippen LogP contribution in [0.25, 0.3) is 10.9 Å². The third-order valence-electron chi connectivity index (χ3n) is 3.77. The zero-order valence-corrected chi connectivity index (χ0v) is 13.9. The molecule has 0 saturated heterocycles. The number of hydrogen-bond acceptors (Lipinski definition) is 5. The van der Waals surface area contributed by atoms with Gasteiger partial charge in [0.2, 0.25) is 0 Å². The predicted molar refractivity (Wildman–Crippen MR) is 88.8 cm³/mol. The van der Waals surface area contributed by atoms with Crippen LogP contribution in [0, 0.1) is 6.92 Å². The number of rotatable bonds is 1. The Morgan fingerprint density at radius 1 is 1.29 bits per heavy atom. The van der Waals surface area contributed by atoms with Crippen LogP contribution in [-0.2, 0) is 13.0 Å². The first-order chi connectivity index (χ1) is 10.2. The molecule has 4 nitrogen and oxygen atoms in total. The monoisotopic (exact) mass is 360 g/mol. The van der Waals surface area contributed by atoms with E-state index in [1.54, 1.807) is 17.7 Å². The summed E-state index contributed by atoms with van der Waals surface area (Å²) in [5.74, 6) is 1.03. The van der Waals surface area contributed by atoms with Crippen molar-refractivity contribution >= 4 is 44.0 Å². The van der Waals surface area contributed by atoms with Crippen LogP contribution in [0.2, 0.25) is 0 Å². The van der Waals surface area contributed by atoms with E-state index < -0.39 is 0 Å². The number of thiazole rings is 1. The molecule has 0 fully saturated rings. The van der Waals surface area contributed by atoms with Crippen LogP contribution in [0.15, 0.2) is 28.4 Å². The number of aromatic nitrogens is 3. The van der Waals surface area contributed by atoms with Gasteiger partial charge in [0.25, 0.3) is 0 Å². The zero-order valence-electron chi connectivity index (χ0n) is 11.5. The minimum Gasteiger partial charge on any atom is -0.350 e. The van der Waals surface area contributed by atoms with Crippen LogP contribution >= 0.6 is 27.3 Å². The molecule has 1 aromatic carbocycles. The van der Waals surface area contributed by atoms with Gasteiger partial charge in [0.1, 0.15) is 12.1 Å². The molecule has 3 aromatic rings. The fourth-order valence-electron chi connectivity index (χ4n) is 2.75. The molecular formula is C15H13BrN4S. The number of halogens is 1. The third kappa shape index (κ3) is 2.32. The van der Waals surface area contributed by atoms with E-state index in [9.17, 15) is 0 Å². The fourth-order valence-corrected chi connectivity index (χ4v) is 4.40. The number of nitrogens with zero attached hydrogens (tertiary/aromatic N) is 4. The van der Waals surface area contributed by atoms with E-state index in [0.29, 0.717) is 0 Å². The van der Waals surface area contributed by atoms with Crippen molar-refractivity contribution in [1.29, 1.82) is 0 Å². The summed E-state index contributed by atoms with van der Waals surface area (Å²) in [6.45, 7) is 3.92. The maximum atomic E-state index is 4.54. The lowest BCUT2D eigenvalue weighted by atomic mass is 10.1. The minimum atomic E-state index is 0.874. The summed E-state index contributed by atoms with van der Waals surface area (Å²) in [6.07, 6.45) is 2.62. The normalized spacial score (nSPS) is 14.5. The lowest BCUT2D eigenvalue weighted by Crippen LogP contribution is -2.30. The zero-order chi connectivity index (χ0) is 14.4. The summed E-state index contributed by atoms with van der Waals surface area (Å²) in [5.41, 5.74) is 3.45. The molecule has 0 radical (unpaired) electrons. The molecule has 106 valence electrons. The van der Waals surface area contributed by atoms with Crippen molar-refractivity contribution in [2.45, 2.75) is 19.9 Å². The highest BCUT2D eigenvalue weighted by atomic mass is 79.9. The van der Waals surface area contributed by atoms with Crippen LogP contribution in [0.1, 0.15) is 16.1 Å². The summed E-state index contributed by atoms with van der Waals surface area (Å²) >= 11 is 5.20. The van der Waals surface area contributed by atoms with Crippen molar-refractivity contribution in [3.63, 3.8) is 0 Å². The molecule has 21 heavy (non-hydrogen) atoms. The molecular weight excluding hydrogens is 348 g/mol. The fraction of sp³-hybridized carbons (Fsp3) is 0.267. The van der Waals surface area contributed by atoms with Gasteiger partial charge in [0, 0.05) is 23.2 Å². The van der Waals surface area contributed by atoms with Gasteiger partial charge in [-0.05, 0) is 35.0 Å². The molecule has 4 rings (SSSR count). The van der Waals surface area contributed by atoms with E-state index in [0.717, 1.165) is 40.1 Å². The number of anilines is 1. The van der Waals surface area contributed by atoms with Gasteiger partial charge in [0.15, 0.2) is 3.92 Å². The molecule has 1 aliphatic heterocycles. The summed E-state index contributed by atoms with van der Waals surface area (Å²) in [4.78, 5) is 17.1. The average Bonchev–Trinajstić information content (AvgIpc) is 2.85. The van der Waals surface area contributed by atoms with Gasteiger partial charge in [-0.25, -0.2) is 15.0 Å². The molecule has 6 heteroatoms. The second kappa shape index (κ2) is 5.03. The molecule has 1 aliphatic rings. The first-order valence-corrected chi connectivity index (χ1v) is 8.42. The average molecular weight is 361 g/mol. The van der Waals surface area contributed by atoms with E-state index in [1.165, 1.54) is 16.1 Å². The number of benzene rings is 1. The Balaban J connectivity index is 1.79. The van der Waals surface area contributed by atoms with Crippen molar-refractivity contribution < 1.29 is 0 Å². The molecule has 0 atom stereocenters. The topological polar surface area (TPSA) is 41.9 Å². The SMILES string of the molecule is Cc1ccc2ncnc(N3CCc4nc(Br)sc4C3)c2c1. The van der Waals surface area contributed by atoms with Crippen molar-refractivity contribution in [1.82, 2.24) is 15.0 Å². The Hall–Kier alpha value is -1.53. The molecule has 0 aliphatic carbocycles. The molecule has 3 heterocycles. The molecule has 2 aromatic heterocycles. The van der Waals surface area contributed by atoms with Crippen molar-refractivity contribution in [3.8, 4) is 0 Å². The maximum absolute atomic E-state index is 4.54. The van der Waals surface area contributed by atoms with Crippen LogP contribution in [0.3, 0.4) is 0 Å². The highest BCUT2D eigenvalue weighted by Gasteiger charge is 2.22. The van der Waals surface area contributed by atoms with Crippen molar-refractivity contribution in [2.24, 2.45) is 0 Å². The van der Waals surface area contributed by atoms with E-state index in [-0.39, 0.29) is 0 Å². The quantitative estimate of drug-likeness (QED) is 0.663. The number of hydrogen-bond donors (Lipinski definition) is 0. The van der Waals surface area contributed by atoms with Gasteiger partial charge in [0.05, 0.1) is 17.8 Å². The summed E-state index contributed by atoms with van der Waals surface area (Å²) in [6, 6.07) is 6.32. The van der Waals surface area contributed by atoms with Gasteiger partial charge >= 0.3 is 0 Å². The van der Waals surface area contributed by atoms with Gasteiger partial charge in [-0.15, -0.1) is 11.3 Å². The smallest absolute Gasteiger partial charge is 0.159 e. The largest absolute Gasteiger partial charge is 0.350 e. The molecule has 0 saturated carbocycles. The Bertz CT molecular complexity index is 830. The molecule has 0 amide bonds. The highest BCUT2D eigenvalue weighted by molar-refractivity contribution is 9.11. The van der Waals surface area contributed by atoms with Gasteiger partial charge in [-0.3, -0.25) is 0 Å². The van der Waals surface area contributed by atoms with E-state index >= 15 is 0 Å². The van der Waals surface area contributed by atoms with E-state index in [4.69, 9.17) is 0 Å². The maximum Gasteiger partial charge on any atom is 0.159 e. The lowest BCUT2D eigenvalue weighted by Gasteiger charge is -2.27. The Kier molecular flexibility index (Phi) is 3.15. The van der Waals surface area contributed by atoms with Crippen molar-refractivity contribution in [2.75, 3.05) is 11.4 Å². The molecule has 0 N–H and O–H groups in total.